The first-order valence-electron chi connectivity index (χ1n) is 6.29. The Hall–Kier alpha value is -1.74. The highest BCUT2D eigenvalue weighted by atomic mass is 35.5. The van der Waals surface area contributed by atoms with Crippen molar-refractivity contribution in [3.05, 3.63) is 41.1 Å². The molecule has 0 saturated heterocycles. The molecule has 3 aromatic rings. The van der Waals surface area contributed by atoms with E-state index in [4.69, 9.17) is 16.0 Å². The van der Waals surface area contributed by atoms with Crippen molar-refractivity contribution in [3.8, 4) is 11.3 Å². The van der Waals surface area contributed by atoms with Gasteiger partial charge in [0, 0.05) is 29.1 Å². The summed E-state index contributed by atoms with van der Waals surface area (Å²) in [6.07, 6.45) is 1.63. The molecule has 0 unspecified atom stereocenters. The molecule has 0 fully saturated rings. The number of halogens is 1. The molecule has 2 heterocycles. The van der Waals surface area contributed by atoms with Crippen LogP contribution < -0.4 is 0 Å². The molecule has 0 aliphatic rings. The predicted molar refractivity (Wildman–Crippen MR) is 77.6 cm³/mol. The summed E-state index contributed by atoms with van der Waals surface area (Å²) in [5.41, 5.74) is 3.94. The first-order valence-corrected chi connectivity index (χ1v) is 6.67. The van der Waals surface area contributed by atoms with Crippen LogP contribution >= 0.6 is 11.6 Å². The van der Waals surface area contributed by atoms with Crippen LogP contribution in [0.3, 0.4) is 0 Å². The number of fused-ring (bicyclic) bond motifs is 1. The number of hydrogen-bond acceptors (Lipinski definition) is 2. The molecule has 1 aromatic carbocycles. The van der Waals surface area contributed by atoms with Crippen molar-refractivity contribution in [3.63, 3.8) is 0 Å². The normalized spacial score (nSPS) is 11.6. The zero-order valence-corrected chi connectivity index (χ0v) is 11.9. The quantitative estimate of drug-likeness (QED) is 0.721. The number of nitrogens with one attached hydrogen (secondary N) is 1. The summed E-state index contributed by atoms with van der Waals surface area (Å²) in [6, 6.07) is 6.14. The minimum absolute atomic E-state index is 0.462. The Kier molecular flexibility index (Phi) is 2.86. The maximum Gasteiger partial charge on any atom is 0.191 e. The number of hydrogen-bond donors (Lipinski definition) is 1. The highest BCUT2D eigenvalue weighted by Crippen LogP contribution is 2.32. The fraction of sp³-hybridized carbons (Fsp3) is 0.267. The Labute approximate surface area is 116 Å². The number of nitrogens with zero attached hydrogens (tertiary/aromatic N) is 1. The van der Waals surface area contributed by atoms with E-state index in [1.807, 2.05) is 19.1 Å². The van der Waals surface area contributed by atoms with Gasteiger partial charge in [-0.25, -0.2) is 4.98 Å². The molecule has 3 rings (SSSR count). The van der Waals surface area contributed by atoms with Gasteiger partial charge in [-0.2, -0.15) is 0 Å². The van der Waals surface area contributed by atoms with Crippen molar-refractivity contribution in [1.29, 1.82) is 0 Å². The standard InChI is InChI=1S/C15H15ClN2O/c1-8(2)13-5-10-4-12(16)11(6-14(10)18-13)15-7-19-9(3)17-15/h4-8,18H,1-3H3. The van der Waals surface area contributed by atoms with E-state index in [2.05, 4.69) is 29.9 Å². The number of aromatic nitrogens is 2. The van der Waals surface area contributed by atoms with Crippen LogP contribution in [-0.2, 0) is 0 Å². The van der Waals surface area contributed by atoms with Gasteiger partial charge in [0.15, 0.2) is 5.89 Å². The highest BCUT2D eigenvalue weighted by molar-refractivity contribution is 6.34. The van der Waals surface area contributed by atoms with Crippen LogP contribution in [0.5, 0.6) is 0 Å². The average molecular weight is 275 g/mol. The van der Waals surface area contributed by atoms with Gasteiger partial charge in [0.1, 0.15) is 12.0 Å². The van der Waals surface area contributed by atoms with Crippen molar-refractivity contribution in [2.45, 2.75) is 26.7 Å². The number of oxazole rings is 1. The van der Waals surface area contributed by atoms with E-state index in [1.54, 1.807) is 6.26 Å². The number of benzene rings is 1. The molecular weight excluding hydrogens is 260 g/mol. The highest BCUT2D eigenvalue weighted by Gasteiger charge is 2.12. The summed E-state index contributed by atoms with van der Waals surface area (Å²) in [6.45, 7) is 6.14. The lowest BCUT2D eigenvalue weighted by atomic mass is 10.1. The SMILES string of the molecule is Cc1nc(-c2cc3[nH]c(C(C)C)cc3cc2Cl)co1. The first-order chi connectivity index (χ1) is 9.04. The summed E-state index contributed by atoms with van der Waals surface area (Å²) >= 11 is 6.34. The summed E-state index contributed by atoms with van der Waals surface area (Å²) in [5.74, 6) is 1.10. The van der Waals surface area contributed by atoms with Crippen molar-refractivity contribution in [2.75, 3.05) is 0 Å². The molecule has 1 N–H and O–H groups in total. The molecule has 2 aromatic heterocycles. The van der Waals surface area contributed by atoms with Crippen molar-refractivity contribution in [2.24, 2.45) is 0 Å². The summed E-state index contributed by atoms with van der Waals surface area (Å²) in [4.78, 5) is 7.75. The van der Waals surface area contributed by atoms with Gasteiger partial charge in [-0.05, 0) is 24.1 Å². The van der Waals surface area contributed by atoms with E-state index < -0.39 is 0 Å². The van der Waals surface area contributed by atoms with Crippen molar-refractivity contribution in [1.82, 2.24) is 9.97 Å². The minimum atomic E-state index is 0.462. The van der Waals surface area contributed by atoms with Crippen LogP contribution in [0.4, 0.5) is 0 Å². The largest absolute Gasteiger partial charge is 0.449 e. The molecule has 0 saturated carbocycles. The molecule has 4 heteroatoms. The lowest BCUT2D eigenvalue weighted by Crippen LogP contribution is -1.85. The van der Waals surface area contributed by atoms with Crippen LogP contribution in [0.2, 0.25) is 5.02 Å². The molecule has 0 bridgehead atoms. The Morgan fingerprint density at radius 2 is 2.05 bits per heavy atom. The van der Waals surface area contributed by atoms with Crippen LogP contribution in [0.1, 0.15) is 31.4 Å². The lowest BCUT2D eigenvalue weighted by Gasteiger charge is -2.00. The maximum atomic E-state index is 6.34. The molecule has 98 valence electrons. The number of aromatic amines is 1. The second kappa shape index (κ2) is 4.42. The van der Waals surface area contributed by atoms with Gasteiger partial charge in [-0.1, -0.05) is 25.4 Å². The van der Waals surface area contributed by atoms with E-state index >= 15 is 0 Å². The van der Waals surface area contributed by atoms with Gasteiger partial charge in [-0.15, -0.1) is 0 Å². The third-order valence-electron chi connectivity index (χ3n) is 3.25. The number of rotatable bonds is 2. The van der Waals surface area contributed by atoms with Crippen LogP contribution in [0.25, 0.3) is 22.2 Å². The minimum Gasteiger partial charge on any atom is -0.449 e. The summed E-state index contributed by atoms with van der Waals surface area (Å²) in [5, 5.41) is 1.81. The van der Waals surface area contributed by atoms with Gasteiger partial charge in [0.25, 0.3) is 0 Å². The van der Waals surface area contributed by atoms with E-state index in [-0.39, 0.29) is 0 Å². The Morgan fingerprint density at radius 1 is 1.26 bits per heavy atom. The Morgan fingerprint density at radius 3 is 2.68 bits per heavy atom. The van der Waals surface area contributed by atoms with Gasteiger partial charge in [-0.3, -0.25) is 0 Å². The molecule has 0 atom stereocenters. The molecule has 0 aliphatic carbocycles. The second-order valence-corrected chi connectivity index (χ2v) is 5.46. The Balaban J connectivity index is 2.18. The Bertz CT molecular complexity index is 740. The zero-order valence-electron chi connectivity index (χ0n) is 11.1. The van der Waals surface area contributed by atoms with Crippen molar-refractivity contribution >= 4 is 22.5 Å². The van der Waals surface area contributed by atoms with Crippen molar-refractivity contribution < 1.29 is 4.42 Å². The van der Waals surface area contributed by atoms with Crippen LogP contribution in [-0.4, -0.2) is 9.97 Å². The molecule has 0 radical (unpaired) electrons. The zero-order chi connectivity index (χ0) is 13.6. The molecule has 19 heavy (non-hydrogen) atoms. The lowest BCUT2D eigenvalue weighted by molar-refractivity contribution is 0.521. The van der Waals surface area contributed by atoms with Crippen LogP contribution in [0, 0.1) is 6.92 Å². The molecular formula is C15H15ClN2O. The predicted octanol–water partition coefficient (Wildman–Crippen LogP) is 4.91. The van der Waals surface area contributed by atoms with Gasteiger partial charge in [0.05, 0.1) is 5.02 Å². The van der Waals surface area contributed by atoms with E-state index in [9.17, 15) is 0 Å². The molecule has 0 spiro atoms. The topological polar surface area (TPSA) is 41.8 Å². The number of H-pyrrole nitrogens is 1. The van der Waals surface area contributed by atoms with E-state index in [0.717, 1.165) is 22.2 Å². The monoisotopic (exact) mass is 274 g/mol. The summed E-state index contributed by atoms with van der Waals surface area (Å²) < 4.78 is 5.25. The maximum absolute atomic E-state index is 6.34. The number of aryl methyl sites for hydroxylation is 1. The first kappa shape index (κ1) is 12.3. The average Bonchev–Trinajstić information content (AvgIpc) is 2.93. The van der Waals surface area contributed by atoms with Gasteiger partial charge < -0.3 is 9.40 Å². The smallest absolute Gasteiger partial charge is 0.191 e. The van der Waals surface area contributed by atoms with Crippen LogP contribution in [0.15, 0.2) is 28.9 Å². The second-order valence-electron chi connectivity index (χ2n) is 5.05. The summed E-state index contributed by atoms with van der Waals surface area (Å²) in [7, 11) is 0. The van der Waals surface area contributed by atoms with Gasteiger partial charge in [0.2, 0.25) is 0 Å². The fourth-order valence-corrected chi connectivity index (χ4v) is 2.44. The van der Waals surface area contributed by atoms with E-state index in [1.165, 1.54) is 5.69 Å². The molecule has 0 amide bonds. The molecule has 3 nitrogen and oxygen atoms in total. The molecule has 0 aliphatic heterocycles. The van der Waals surface area contributed by atoms with E-state index in [0.29, 0.717) is 16.8 Å². The third kappa shape index (κ3) is 2.15. The van der Waals surface area contributed by atoms with Gasteiger partial charge >= 0.3 is 0 Å². The third-order valence-corrected chi connectivity index (χ3v) is 3.56. The fourth-order valence-electron chi connectivity index (χ4n) is 2.17.